The number of rotatable bonds is 6. The minimum absolute atomic E-state index is 0.893. The van der Waals surface area contributed by atoms with Gasteiger partial charge in [0, 0.05) is 17.1 Å². The van der Waals surface area contributed by atoms with Gasteiger partial charge < -0.3 is 5.32 Å². The van der Waals surface area contributed by atoms with E-state index in [4.69, 9.17) is 4.99 Å². The number of hydrogen-bond donors (Lipinski definition) is 1. The maximum atomic E-state index is 4.92. The van der Waals surface area contributed by atoms with Gasteiger partial charge >= 0.3 is 0 Å². The first-order valence-corrected chi connectivity index (χ1v) is 10.2. The van der Waals surface area contributed by atoms with Crippen LogP contribution in [0.2, 0.25) is 0 Å². The normalized spacial score (nSPS) is 11.3. The number of para-hydroxylation sites is 2. The summed E-state index contributed by atoms with van der Waals surface area (Å²) in [5.41, 5.74) is 10.5. The number of aliphatic imine (C=N–C) groups is 1. The lowest BCUT2D eigenvalue weighted by molar-refractivity contribution is 1.25. The van der Waals surface area contributed by atoms with Crippen molar-refractivity contribution in [1.82, 2.24) is 0 Å². The molecule has 0 aliphatic carbocycles. The predicted molar refractivity (Wildman–Crippen MR) is 127 cm³/mol. The SMILES string of the molecule is CCC(=Nc1ccccc1C)c1ccc(C(Nc2ccccc2C)=C(C)C)cc1. The van der Waals surface area contributed by atoms with E-state index in [0.717, 1.165) is 29.2 Å². The highest BCUT2D eigenvalue weighted by Gasteiger charge is 2.08. The van der Waals surface area contributed by atoms with E-state index in [-0.39, 0.29) is 0 Å². The van der Waals surface area contributed by atoms with Crippen LogP contribution in [-0.2, 0) is 0 Å². The molecule has 29 heavy (non-hydrogen) atoms. The maximum absolute atomic E-state index is 4.92. The number of allylic oxidation sites excluding steroid dienone is 1. The van der Waals surface area contributed by atoms with Crippen molar-refractivity contribution in [2.24, 2.45) is 4.99 Å². The van der Waals surface area contributed by atoms with Gasteiger partial charge in [-0.25, -0.2) is 0 Å². The Morgan fingerprint density at radius 3 is 1.93 bits per heavy atom. The summed E-state index contributed by atoms with van der Waals surface area (Å²) in [5.74, 6) is 0. The van der Waals surface area contributed by atoms with Gasteiger partial charge in [-0.15, -0.1) is 0 Å². The van der Waals surface area contributed by atoms with Crippen molar-refractivity contribution >= 4 is 22.8 Å². The molecule has 3 rings (SSSR count). The molecule has 0 radical (unpaired) electrons. The Hall–Kier alpha value is -3.13. The second-order valence-corrected chi connectivity index (χ2v) is 7.59. The van der Waals surface area contributed by atoms with Crippen molar-refractivity contribution in [2.75, 3.05) is 5.32 Å². The van der Waals surface area contributed by atoms with Gasteiger partial charge in [-0.1, -0.05) is 73.2 Å². The third kappa shape index (κ3) is 5.03. The number of benzene rings is 3. The molecule has 0 atom stereocenters. The molecule has 0 saturated heterocycles. The molecule has 3 aromatic rings. The minimum atomic E-state index is 0.893. The summed E-state index contributed by atoms with van der Waals surface area (Å²) in [5, 5.41) is 3.62. The van der Waals surface area contributed by atoms with Crippen molar-refractivity contribution in [3.63, 3.8) is 0 Å². The molecule has 0 aliphatic heterocycles. The van der Waals surface area contributed by atoms with Gasteiger partial charge in [-0.2, -0.15) is 0 Å². The minimum Gasteiger partial charge on any atom is -0.355 e. The molecule has 1 N–H and O–H groups in total. The fourth-order valence-electron chi connectivity index (χ4n) is 3.34. The topological polar surface area (TPSA) is 24.4 Å². The standard InChI is InChI=1S/C27H30N2/c1-6-24(28-25-13-9-7-11-20(25)4)22-15-17-23(18-16-22)27(19(2)3)29-26-14-10-8-12-21(26)5/h7-18,29H,6H2,1-5H3. The number of anilines is 1. The van der Waals surface area contributed by atoms with Crippen LogP contribution in [0.15, 0.2) is 83.4 Å². The van der Waals surface area contributed by atoms with E-state index in [0.29, 0.717) is 0 Å². The Balaban J connectivity index is 1.90. The van der Waals surface area contributed by atoms with Crippen LogP contribution in [0.3, 0.4) is 0 Å². The summed E-state index contributed by atoms with van der Waals surface area (Å²) >= 11 is 0. The van der Waals surface area contributed by atoms with Crippen molar-refractivity contribution < 1.29 is 0 Å². The molecule has 148 valence electrons. The third-order valence-electron chi connectivity index (χ3n) is 5.12. The van der Waals surface area contributed by atoms with Gasteiger partial charge in [0.15, 0.2) is 0 Å². The lowest BCUT2D eigenvalue weighted by Crippen LogP contribution is -2.04. The van der Waals surface area contributed by atoms with Gasteiger partial charge in [-0.3, -0.25) is 4.99 Å². The third-order valence-corrected chi connectivity index (χ3v) is 5.12. The number of hydrogen-bond acceptors (Lipinski definition) is 2. The summed E-state index contributed by atoms with van der Waals surface area (Å²) in [6, 6.07) is 25.4. The molecular weight excluding hydrogens is 352 g/mol. The van der Waals surface area contributed by atoms with Crippen LogP contribution in [0.4, 0.5) is 11.4 Å². The van der Waals surface area contributed by atoms with Gasteiger partial charge in [0.25, 0.3) is 0 Å². The summed E-state index contributed by atoms with van der Waals surface area (Å²) in [6.45, 7) is 10.7. The zero-order chi connectivity index (χ0) is 20.8. The summed E-state index contributed by atoms with van der Waals surface area (Å²) in [7, 11) is 0. The molecule has 2 nitrogen and oxygen atoms in total. The van der Waals surface area contributed by atoms with E-state index in [9.17, 15) is 0 Å². The summed E-state index contributed by atoms with van der Waals surface area (Å²) in [4.78, 5) is 4.92. The van der Waals surface area contributed by atoms with Crippen molar-refractivity contribution in [1.29, 1.82) is 0 Å². The van der Waals surface area contributed by atoms with E-state index in [1.165, 1.54) is 27.8 Å². The van der Waals surface area contributed by atoms with E-state index >= 15 is 0 Å². The molecule has 2 heteroatoms. The van der Waals surface area contributed by atoms with Gasteiger partial charge in [0.05, 0.1) is 5.69 Å². The van der Waals surface area contributed by atoms with Crippen molar-refractivity contribution in [3.8, 4) is 0 Å². The van der Waals surface area contributed by atoms with E-state index in [2.05, 4.69) is 107 Å². The van der Waals surface area contributed by atoms with Crippen LogP contribution in [-0.4, -0.2) is 5.71 Å². The summed E-state index contributed by atoms with van der Waals surface area (Å²) in [6.07, 6.45) is 0.893. The Morgan fingerprint density at radius 1 is 0.759 bits per heavy atom. The number of aryl methyl sites for hydroxylation is 2. The highest BCUT2D eigenvalue weighted by molar-refractivity contribution is 6.02. The fourth-order valence-corrected chi connectivity index (χ4v) is 3.34. The summed E-state index contributed by atoms with van der Waals surface area (Å²) < 4.78 is 0. The van der Waals surface area contributed by atoms with Crippen molar-refractivity contribution in [2.45, 2.75) is 41.0 Å². The Morgan fingerprint density at radius 2 is 1.34 bits per heavy atom. The molecular formula is C27H30N2. The van der Waals surface area contributed by atoms with Crippen LogP contribution in [0.1, 0.15) is 49.4 Å². The average molecular weight is 383 g/mol. The molecule has 0 aromatic heterocycles. The fraction of sp³-hybridized carbons (Fsp3) is 0.222. The smallest absolute Gasteiger partial charge is 0.0662 e. The quantitative estimate of drug-likeness (QED) is 0.434. The second-order valence-electron chi connectivity index (χ2n) is 7.59. The molecule has 3 aromatic carbocycles. The number of nitrogens with zero attached hydrogens (tertiary/aromatic N) is 1. The lowest BCUT2D eigenvalue weighted by atomic mass is 10.0. The van der Waals surface area contributed by atoms with E-state index in [1.807, 2.05) is 6.07 Å². The lowest BCUT2D eigenvalue weighted by Gasteiger charge is -2.16. The molecule has 0 saturated carbocycles. The molecule has 0 spiro atoms. The van der Waals surface area contributed by atoms with Gasteiger partial charge in [0.2, 0.25) is 0 Å². The van der Waals surface area contributed by atoms with Crippen LogP contribution >= 0.6 is 0 Å². The zero-order valence-corrected chi connectivity index (χ0v) is 18.1. The average Bonchev–Trinajstić information content (AvgIpc) is 2.72. The highest BCUT2D eigenvalue weighted by Crippen LogP contribution is 2.25. The molecule has 0 amide bonds. The van der Waals surface area contributed by atoms with E-state index in [1.54, 1.807) is 0 Å². The maximum Gasteiger partial charge on any atom is 0.0662 e. The van der Waals surface area contributed by atoms with Crippen LogP contribution in [0.5, 0.6) is 0 Å². The molecule has 0 aliphatic rings. The molecule has 0 fully saturated rings. The van der Waals surface area contributed by atoms with Crippen LogP contribution < -0.4 is 5.32 Å². The molecule has 0 bridgehead atoms. The zero-order valence-electron chi connectivity index (χ0n) is 18.1. The van der Waals surface area contributed by atoms with Crippen molar-refractivity contribution in [3.05, 3.63) is 101 Å². The largest absolute Gasteiger partial charge is 0.355 e. The second kappa shape index (κ2) is 9.38. The first-order valence-electron chi connectivity index (χ1n) is 10.2. The Kier molecular flexibility index (Phi) is 6.66. The molecule has 0 heterocycles. The van der Waals surface area contributed by atoms with Crippen LogP contribution in [0.25, 0.3) is 5.70 Å². The van der Waals surface area contributed by atoms with E-state index < -0.39 is 0 Å². The number of nitrogens with one attached hydrogen (secondary N) is 1. The first kappa shape index (κ1) is 20.6. The van der Waals surface area contributed by atoms with Gasteiger partial charge in [-0.05, 0) is 68.5 Å². The Labute approximate surface area is 175 Å². The first-order chi connectivity index (χ1) is 14.0. The predicted octanol–water partition coefficient (Wildman–Crippen LogP) is 7.70. The Bertz CT molecular complexity index is 1040. The highest BCUT2D eigenvalue weighted by atomic mass is 14.9. The van der Waals surface area contributed by atoms with Crippen LogP contribution in [0, 0.1) is 13.8 Å². The molecule has 0 unspecified atom stereocenters. The van der Waals surface area contributed by atoms with Gasteiger partial charge in [0.1, 0.15) is 0 Å². The monoisotopic (exact) mass is 382 g/mol.